The van der Waals surface area contributed by atoms with Gasteiger partial charge in [0.2, 0.25) is 0 Å². The highest BCUT2D eigenvalue weighted by Crippen LogP contribution is 2.22. The fourth-order valence-electron chi connectivity index (χ4n) is 2.57. The number of hydrogen-bond donors (Lipinski definition) is 2. The SMILES string of the molecule is COC(=O)C1CCCCC(NCCN)CCC1. The van der Waals surface area contributed by atoms with Crippen LogP contribution in [0.4, 0.5) is 0 Å². The molecule has 1 saturated carbocycles. The maximum absolute atomic E-state index is 11.5. The van der Waals surface area contributed by atoms with Crippen LogP contribution in [0.3, 0.4) is 0 Å². The van der Waals surface area contributed by atoms with E-state index in [2.05, 4.69) is 5.32 Å². The molecule has 100 valence electrons. The molecule has 3 N–H and O–H groups in total. The van der Waals surface area contributed by atoms with Crippen LogP contribution in [0.25, 0.3) is 0 Å². The number of ether oxygens (including phenoxy) is 1. The summed E-state index contributed by atoms with van der Waals surface area (Å²) in [5, 5.41) is 3.48. The predicted octanol–water partition coefficient (Wildman–Crippen LogP) is 1.44. The summed E-state index contributed by atoms with van der Waals surface area (Å²) >= 11 is 0. The highest BCUT2D eigenvalue weighted by atomic mass is 16.5. The standard InChI is InChI=1S/C13H26N2O2/c1-17-13(16)11-5-2-3-7-12(8-4-6-11)15-10-9-14/h11-12,15H,2-10,14H2,1H3. The molecule has 0 bridgehead atoms. The number of rotatable bonds is 4. The van der Waals surface area contributed by atoms with Crippen LogP contribution in [0.15, 0.2) is 0 Å². The van der Waals surface area contributed by atoms with Gasteiger partial charge in [-0.2, -0.15) is 0 Å². The van der Waals surface area contributed by atoms with Gasteiger partial charge in [-0.1, -0.05) is 19.3 Å². The molecule has 1 rings (SSSR count). The van der Waals surface area contributed by atoms with Crippen molar-refractivity contribution in [3.63, 3.8) is 0 Å². The van der Waals surface area contributed by atoms with Gasteiger partial charge in [0, 0.05) is 19.1 Å². The first kappa shape index (κ1) is 14.5. The monoisotopic (exact) mass is 242 g/mol. The van der Waals surface area contributed by atoms with Crippen molar-refractivity contribution in [3.8, 4) is 0 Å². The molecule has 0 heterocycles. The lowest BCUT2D eigenvalue weighted by molar-refractivity contribution is -0.146. The molecule has 4 heteroatoms. The lowest BCUT2D eigenvalue weighted by Crippen LogP contribution is -2.33. The van der Waals surface area contributed by atoms with E-state index in [-0.39, 0.29) is 11.9 Å². The summed E-state index contributed by atoms with van der Waals surface area (Å²) in [6.45, 7) is 1.59. The molecule has 0 saturated heterocycles. The molecule has 1 aliphatic carbocycles. The smallest absolute Gasteiger partial charge is 0.308 e. The summed E-state index contributed by atoms with van der Waals surface area (Å²) in [7, 11) is 1.49. The van der Waals surface area contributed by atoms with Crippen LogP contribution in [-0.2, 0) is 9.53 Å². The van der Waals surface area contributed by atoms with Crippen LogP contribution >= 0.6 is 0 Å². The van der Waals surface area contributed by atoms with Gasteiger partial charge in [0.15, 0.2) is 0 Å². The number of nitrogens with two attached hydrogens (primary N) is 1. The van der Waals surface area contributed by atoms with Crippen molar-refractivity contribution in [1.82, 2.24) is 5.32 Å². The Bertz CT molecular complexity index is 221. The Labute approximate surface area is 104 Å². The second kappa shape index (κ2) is 8.48. The minimum Gasteiger partial charge on any atom is -0.469 e. The van der Waals surface area contributed by atoms with Crippen LogP contribution in [0, 0.1) is 5.92 Å². The van der Waals surface area contributed by atoms with Gasteiger partial charge in [0.05, 0.1) is 13.0 Å². The largest absolute Gasteiger partial charge is 0.469 e. The Morgan fingerprint density at radius 2 is 1.88 bits per heavy atom. The van der Waals surface area contributed by atoms with E-state index in [1.54, 1.807) is 0 Å². The quantitative estimate of drug-likeness (QED) is 0.732. The Morgan fingerprint density at radius 1 is 1.24 bits per heavy atom. The van der Waals surface area contributed by atoms with Crippen molar-refractivity contribution < 1.29 is 9.53 Å². The highest BCUT2D eigenvalue weighted by molar-refractivity contribution is 5.72. The summed E-state index contributed by atoms with van der Waals surface area (Å²) in [6.07, 6.45) is 7.71. The average Bonchev–Trinajstić information content (AvgIpc) is 2.47. The third-order valence-electron chi connectivity index (χ3n) is 3.57. The van der Waals surface area contributed by atoms with Crippen molar-refractivity contribution in [2.45, 2.75) is 51.0 Å². The van der Waals surface area contributed by atoms with E-state index in [1.807, 2.05) is 0 Å². The second-order valence-corrected chi connectivity index (χ2v) is 4.88. The minimum atomic E-state index is -0.0293. The van der Waals surface area contributed by atoms with Gasteiger partial charge < -0.3 is 15.8 Å². The van der Waals surface area contributed by atoms with Crippen molar-refractivity contribution in [1.29, 1.82) is 0 Å². The lowest BCUT2D eigenvalue weighted by Gasteiger charge is -2.17. The van der Waals surface area contributed by atoms with Crippen molar-refractivity contribution in [2.75, 3.05) is 20.2 Å². The molecule has 17 heavy (non-hydrogen) atoms. The molecule has 0 aliphatic heterocycles. The van der Waals surface area contributed by atoms with E-state index < -0.39 is 0 Å². The normalized spacial score (nSPS) is 26.7. The fraction of sp³-hybridized carbons (Fsp3) is 0.923. The van der Waals surface area contributed by atoms with Gasteiger partial charge in [-0.3, -0.25) is 4.79 Å². The van der Waals surface area contributed by atoms with Crippen LogP contribution in [0.5, 0.6) is 0 Å². The van der Waals surface area contributed by atoms with E-state index in [1.165, 1.54) is 20.0 Å². The molecule has 0 radical (unpaired) electrons. The molecular formula is C13H26N2O2. The average molecular weight is 242 g/mol. The Hall–Kier alpha value is -0.610. The number of nitrogens with one attached hydrogen (secondary N) is 1. The van der Waals surface area contributed by atoms with Gasteiger partial charge in [-0.05, 0) is 25.7 Å². The summed E-state index contributed by atoms with van der Waals surface area (Å²) in [4.78, 5) is 11.5. The second-order valence-electron chi connectivity index (χ2n) is 4.88. The molecule has 4 nitrogen and oxygen atoms in total. The summed E-state index contributed by atoms with van der Waals surface area (Å²) < 4.78 is 4.85. The molecular weight excluding hydrogens is 216 g/mol. The zero-order chi connectivity index (χ0) is 12.5. The van der Waals surface area contributed by atoms with Crippen LogP contribution in [0.2, 0.25) is 0 Å². The number of carbonyl (C=O) groups excluding carboxylic acids is 1. The summed E-state index contributed by atoms with van der Waals surface area (Å²) in [5.41, 5.74) is 5.50. The Balaban J connectivity index is 2.36. The third kappa shape index (κ3) is 5.50. The molecule has 2 atom stereocenters. The first-order valence-corrected chi connectivity index (χ1v) is 6.79. The summed E-state index contributed by atoms with van der Waals surface area (Å²) in [6, 6.07) is 0.579. The maximum Gasteiger partial charge on any atom is 0.308 e. The third-order valence-corrected chi connectivity index (χ3v) is 3.57. The zero-order valence-electron chi connectivity index (χ0n) is 10.9. The van der Waals surface area contributed by atoms with Gasteiger partial charge in [-0.25, -0.2) is 0 Å². The molecule has 0 spiro atoms. The van der Waals surface area contributed by atoms with E-state index in [4.69, 9.17) is 10.5 Å². The van der Waals surface area contributed by atoms with Crippen molar-refractivity contribution in [2.24, 2.45) is 11.7 Å². The molecule has 0 amide bonds. The molecule has 0 aromatic rings. The predicted molar refractivity (Wildman–Crippen MR) is 68.7 cm³/mol. The number of hydrogen-bond acceptors (Lipinski definition) is 4. The Kier molecular flexibility index (Phi) is 7.21. The lowest BCUT2D eigenvalue weighted by atomic mass is 9.97. The molecule has 2 unspecified atom stereocenters. The highest BCUT2D eigenvalue weighted by Gasteiger charge is 2.21. The van der Waals surface area contributed by atoms with Gasteiger partial charge >= 0.3 is 5.97 Å². The van der Waals surface area contributed by atoms with E-state index in [9.17, 15) is 4.79 Å². The number of methoxy groups -OCH3 is 1. The minimum absolute atomic E-state index is 0.0293. The van der Waals surface area contributed by atoms with E-state index >= 15 is 0 Å². The maximum atomic E-state index is 11.5. The number of carbonyl (C=O) groups is 1. The Morgan fingerprint density at radius 3 is 2.59 bits per heavy atom. The fourth-order valence-corrected chi connectivity index (χ4v) is 2.57. The first-order chi connectivity index (χ1) is 8.27. The van der Waals surface area contributed by atoms with Gasteiger partial charge in [0.25, 0.3) is 0 Å². The number of esters is 1. The van der Waals surface area contributed by atoms with Crippen LogP contribution < -0.4 is 11.1 Å². The van der Waals surface area contributed by atoms with Crippen molar-refractivity contribution in [3.05, 3.63) is 0 Å². The van der Waals surface area contributed by atoms with E-state index in [0.29, 0.717) is 12.6 Å². The molecule has 1 aliphatic rings. The molecule has 0 aromatic heterocycles. The summed E-state index contributed by atoms with van der Waals surface area (Å²) in [5.74, 6) is 0.0895. The topological polar surface area (TPSA) is 64.3 Å². The van der Waals surface area contributed by atoms with E-state index in [0.717, 1.165) is 38.6 Å². The van der Waals surface area contributed by atoms with Crippen molar-refractivity contribution >= 4 is 5.97 Å². The van der Waals surface area contributed by atoms with Crippen LogP contribution in [-0.4, -0.2) is 32.2 Å². The van der Waals surface area contributed by atoms with Gasteiger partial charge in [-0.15, -0.1) is 0 Å². The van der Waals surface area contributed by atoms with Crippen LogP contribution in [0.1, 0.15) is 44.9 Å². The molecule has 1 fully saturated rings. The van der Waals surface area contributed by atoms with Gasteiger partial charge in [0.1, 0.15) is 0 Å². The zero-order valence-corrected chi connectivity index (χ0v) is 10.9. The first-order valence-electron chi connectivity index (χ1n) is 6.79. The molecule has 0 aromatic carbocycles.